The van der Waals surface area contributed by atoms with E-state index in [1.165, 1.54) is 11.1 Å². The molecule has 0 unspecified atom stereocenters. The van der Waals surface area contributed by atoms with Crippen LogP contribution >= 0.6 is 0 Å². The minimum atomic E-state index is 0.875. The van der Waals surface area contributed by atoms with E-state index in [0.29, 0.717) is 0 Å². The number of anilines is 3. The van der Waals surface area contributed by atoms with Gasteiger partial charge in [0.05, 0.1) is 22.4 Å². The molecule has 3 nitrogen and oxygen atoms in total. The van der Waals surface area contributed by atoms with Crippen molar-refractivity contribution in [1.82, 2.24) is 9.97 Å². The van der Waals surface area contributed by atoms with Crippen molar-refractivity contribution in [2.45, 2.75) is 0 Å². The van der Waals surface area contributed by atoms with Gasteiger partial charge in [0, 0.05) is 28.2 Å². The van der Waals surface area contributed by atoms with Crippen LogP contribution in [0.15, 0.2) is 164 Å². The van der Waals surface area contributed by atoms with E-state index in [2.05, 4.69) is 114 Å². The van der Waals surface area contributed by atoms with E-state index in [9.17, 15) is 0 Å². The predicted octanol–water partition coefficient (Wildman–Crippen LogP) is 10.1. The summed E-state index contributed by atoms with van der Waals surface area (Å²) in [7, 11) is 0. The number of rotatable bonds is 6. The summed E-state index contributed by atoms with van der Waals surface area (Å²) in [6.45, 7) is 0. The Labute approximate surface area is 240 Å². The van der Waals surface area contributed by atoms with E-state index in [1.54, 1.807) is 0 Å². The molecule has 0 saturated carbocycles. The molecule has 0 N–H and O–H groups in total. The normalized spacial score (nSPS) is 10.9. The van der Waals surface area contributed by atoms with Crippen LogP contribution in [0.1, 0.15) is 0 Å². The lowest BCUT2D eigenvalue weighted by atomic mass is 10.0. The Balaban J connectivity index is 1.30. The van der Waals surface area contributed by atoms with Gasteiger partial charge < -0.3 is 4.90 Å². The Morgan fingerprint density at radius 2 is 0.634 bits per heavy atom. The highest BCUT2D eigenvalue weighted by molar-refractivity contribution is 5.87. The number of aromatic nitrogens is 2. The van der Waals surface area contributed by atoms with Crippen molar-refractivity contribution in [3.05, 3.63) is 164 Å². The number of para-hydroxylation sites is 3. The van der Waals surface area contributed by atoms with Gasteiger partial charge in [0.25, 0.3) is 0 Å². The van der Waals surface area contributed by atoms with E-state index >= 15 is 0 Å². The van der Waals surface area contributed by atoms with Crippen LogP contribution in [-0.4, -0.2) is 9.97 Å². The molecule has 0 saturated heterocycles. The molecule has 1 heterocycles. The summed E-state index contributed by atoms with van der Waals surface area (Å²) in [5, 5.41) is 0. The molecule has 0 fully saturated rings. The average molecular weight is 526 g/mol. The van der Waals surface area contributed by atoms with Crippen molar-refractivity contribution in [2.24, 2.45) is 0 Å². The highest BCUT2D eigenvalue weighted by Crippen LogP contribution is 2.37. The van der Waals surface area contributed by atoms with Crippen LogP contribution in [0.4, 0.5) is 17.1 Å². The second kappa shape index (κ2) is 10.9. The van der Waals surface area contributed by atoms with Crippen LogP contribution in [0.25, 0.3) is 44.7 Å². The Kier molecular flexibility index (Phi) is 6.52. The van der Waals surface area contributed by atoms with Crippen molar-refractivity contribution in [3.8, 4) is 33.6 Å². The molecule has 0 aliphatic heterocycles. The zero-order valence-corrected chi connectivity index (χ0v) is 22.4. The van der Waals surface area contributed by atoms with Crippen molar-refractivity contribution in [1.29, 1.82) is 0 Å². The lowest BCUT2D eigenvalue weighted by molar-refractivity contribution is 1.27. The summed E-state index contributed by atoms with van der Waals surface area (Å²) in [6.07, 6.45) is 0. The predicted molar refractivity (Wildman–Crippen MR) is 171 cm³/mol. The maximum Gasteiger partial charge on any atom is 0.0973 e. The van der Waals surface area contributed by atoms with Crippen LogP contribution in [0.3, 0.4) is 0 Å². The zero-order chi connectivity index (χ0) is 27.4. The van der Waals surface area contributed by atoms with Gasteiger partial charge in [-0.3, -0.25) is 0 Å². The first-order valence-corrected chi connectivity index (χ1v) is 13.8. The molecular weight excluding hydrogens is 498 g/mol. The van der Waals surface area contributed by atoms with Crippen molar-refractivity contribution in [3.63, 3.8) is 0 Å². The fourth-order valence-electron chi connectivity index (χ4n) is 5.22. The molecule has 6 aromatic carbocycles. The molecular formula is C38H27N3. The summed E-state index contributed by atoms with van der Waals surface area (Å²) in [4.78, 5) is 12.4. The number of hydrogen-bond acceptors (Lipinski definition) is 3. The lowest BCUT2D eigenvalue weighted by Crippen LogP contribution is -2.09. The molecule has 0 aliphatic rings. The van der Waals surface area contributed by atoms with Gasteiger partial charge in [-0.1, -0.05) is 115 Å². The van der Waals surface area contributed by atoms with E-state index in [4.69, 9.17) is 9.97 Å². The standard InChI is InChI=1S/C38H27N3/c1-4-12-28(13-5-1)29-20-24-33(25-21-29)41(32-16-8-3-9-17-32)34-26-22-31(23-27-34)38-37(30-14-6-2-7-15-30)39-35-18-10-11-19-36(35)40-38/h1-27H. The van der Waals surface area contributed by atoms with Gasteiger partial charge in [-0.25, -0.2) is 9.97 Å². The van der Waals surface area contributed by atoms with Gasteiger partial charge >= 0.3 is 0 Å². The van der Waals surface area contributed by atoms with E-state index in [0.717, 1.165) is 50.6 Å². The molecule has 41 heavy (non-hydrogen) atoms. The van der Waals surface area contributed by atoms with Gasteiger partial charge in [-0.2, -0.15) is 0 Å². The topological polar surface area (TPSA) is 29.0 Å². The molecule has 0 spiro atoms. The van der Waals surface area contributed by atoms with Crippen molar-refractivity contribution in [2.75, 3.05) is 4.90 Å². The lowest BCUT2D eigenvalue weighted by Gasteiger charge is -2.26. The maximum atomic E-state index is 5.08. The highest BCUT2D eigenvalue weighted by Gasteiger charge is 2.16. The summed E-state index contributed by atoms with van der Waals surface area (Å²) >= 11 is 0. The fourth-order valence-corrected chi connectivity index (χ4v) is 5.22. The van der Waals surface area contributed by atoms with Crippen LogP contribution in [-0.2, 0) is 0 Å². The average Bonchev–Trinajstić information content (AvgIpc) is 3.06. The maximum absolute atomic E-state index is 5.08. The Bertz CT molecular complexity index is 1900. The number of fused-ring (bicyclic) bond motifs is 1. The molecule has 0 amide bonds. The van der Waals surface area contributed by atoms with Crippen LogP contribution in [0, 0.1) is 0 Å². The van der Waals surface area contributed by atoms with Crippen LogP contribution < -0.4 is 4.90 Å². The molecule has 7 rings (SSSR count). The Morgan fingerprint density at radius 3 is 1.15 bits per heavy atom. The monoisotopic (exact) mass is 525 g/mol. The highest BCUT2D eigenvalue weighted by atomic mass is 15.1. The van der Waals surface area contributed by atoms with Crippen molar-refractivity contribution >= 4 is 28.1 Å². The molecule has 0 atom stereocenters. The van der Waals surface area contributed by atoms with Crippen molar-refractivity contribution < 1.29 is 0 Å². The quantitative estimate of drug-likeness (QED) is 0.216. The van der Waals surface area contributed by atoms with Crippen LogP contribution in [0.2, 0.25) is 0 Å². The summed E-state index contributed by atoms with van der Waals surface area (Å²) < 4.78 is 0. The van der Waals surface area contributed by atoms with Crippen LogP contribution in [0.5, 0.6) is 0 Å². The molecule has 0 aliphatic carbocycles. The third-order valence-electron chi connectivity index (χ3n) is 7.26. The second-order valence-corrected chi connectivity index (χ2v) is 9.91. The smallest absolute Gasteiger partial charge is 0.0973 e. The van der Waals surface area contributed by atoms with E-state index < -0.39 is 0 Å². The number of benzene rings is 6. The molecule has 0 radical (unpaired) electrons. The minimum Gasteiger partial charge on any atom is -0.311 e. The first kappa shape index (κ1) is 24.5. The Hall–Kier alpha value is -5.54. The zero-order valence-electron chi connectivity index (χ0n) is 22.4. The van der Waals surface area contributed by atoms with Gasteiger partial charge in [-0.05, 0) is 59.7 Å². The summed E-state index contributed by atoms with van der Waals surface area (Å²) in [5.41, 5.74) is 11.3. The van der Waals surface area contributed by atoms with E-state index in [-0.39, 0.29) is 0 Å². The SMILES string of the molecule is c1ccc(-c2ccc(N(c3ccccc3)c3ccc(-c4nc5ccccc5nc4-c4ccccc4)cc3)cc2)cc1. The number of hydrogen-bond donors (Lipinski definition) is 0. The minimum absolute atomic E-state index is 0.875. The Morgan fingerprint density at radius 1 is 0.293 bits per heavy atom. The number of nitrogens with zero attached hydrogens (tertiary/aromatic N) is 3. The second-order valence-electron chi connectivity index (χ2n) is 9.91. The largest absolute Gasteiger partial charge is 0.311 e. The summed E-state index contributed by atoms with van der Waals surface area (Å²) in [6, 6.07) is 56.7. The van der Waals surface area contributed by atoms with Gasteiger partial charge in [0.2, 0.25) is 0 Å². The fraction of sp³-hybridized carbons (Fsp3) is 0. The molecule has 1 aromatic heterocycles. The third kappa shape index (κ3) is 4.97. The molecule has 0 bridgehead atoms. The first-order valence-electron chi connectivity index (χ1n) is 13.8. The van der Waals surface area contributed by atoms with Gasteiger partial charge in [-0.15, -0.1) is 0 Å². The van der Waals surface area contributed by atoms with Gasteiger partial charge in [0.1, 0.15) is 0 Å². The molecule has 7 aromatic rings. The van der Waals surface area contributed by atoms with E-state index in [1.807, 2.05) is 54.6 Å². The van der Waals surface area contributed by atoms with Gasteiger partial charge in [0.15, 0.2) is 0 Å². The molecule has 3 heteroatoms. The third-order valence-corrected chi connectivity index (χ3v) is 7.26. The first-order chi connectivity index (χ1) is 20.3. The summed E-state index contributed by atoms with van der Waals surface area (Å²) in [5.74, 6) is 0. The molecule has 194 valence electrons.